The minimum atomic E-state index is -0.683. The van der Waals surface area contributed by atoms with E-state index in [1.165, 1.54) is 9.80 Å². The number of carbonyl (C=O) groups excluding carboxylic acids is 4. The molecule has 4 aliphatic rings. The summed E-state index contributed by atoms with van der Waals surface area (Å²) >= 11 is 0. The van der Waals surface area contributed by atoms with E-state index in [4.69, 9.17) is 0 Å². The van der Waals surface area contributed by atoms with Gasteiger partial charge in [-0.25, -0.2) is 0 Å². The van der Waals surface area contributed by atoms with Crippen molar-refractivity contribution in [3.8, 4) is 5.75 Å². The molecule has 0 unspecified atom stereocenters. The van der Waals surface area contributed by atoms with Crippen molar-refractivity contribution < 1.29 is 24.3 Å². The Balaban J connectivity index is 1.56. The number of rotatable bonds is 1. The molecule has 39 heavy (non-hydrogen) atoms. The molecule has 204 valence electrons. The molecular weight excluding hydrogens is 492 g/mol. The van der Waals surface area contributed by atoms with E-state index in [0.29, 0.717) is 18.2 Å². The molecule has 2 heterocycles. The van der Waals surface area contributed by atoms with Crippen molar-refractivity contribution in [2.75, 3.05) is 0 Å². The van der Waals surface area contributed by atoms with Gasteiger partial charge in [0.2, 0.25) is 23.6 Å². The second-order valence-corrected chi connectivity index (χ2v) is 13.6. The third-order valence-corrected chi connectivity index (χ3v) is 9.26. The summed E-state index contributed by atoms with van der Waals surface area (Å²) in [5, 5.41) is 12.1. The van der Waals surface area contributed by atoms with Gasteiger partial charge in [0.15, 0.2) is 0 Å². The van der Waals surface area contributed by atoms with Crippen LogP contribution in [0.2, 0.25) is 0 Å². The van der Waals surface area contributed by atoms with Gasteiger partial charge in [-0.05, 0) is 77.3 Å². The average Bonchev–Trinajstić information content (AvgIpc) is 3.27. The Morgan fingerprint density at radius 3 is 1.87 bits per heavy atom. The molecule has 2 aromatic rings. The largest absolute Gasteiger partial charge is 0.507 e. The number of carbonyl (C=O) groups is 4. The molecule has 2 saturated heterocycles. The molecule has 0 radical (unpaired) electrons. The van der Waals surface area contributed by atoms with Gasteiger partial charge >= 0.3 is 0 Å². The first-order valence-corrected chi connectivity index (χ1v) is 13.9. The molecule has 3 fully saturated rings. The maximum absolute atomic E-state index is 14.1. The highest BCUT2D eigenvalue weighted by molar-refractivity contribution is 6.09. The SMILES string of the molecule is CC(C)(C)N1C(=O)[C@H]2[C@H](CC=C3[C@H]2C[C@H]2C(=O)N(C(C)(C)C)C(=O)[C@H]2[C@H]3c2ccc(O)c3ccccc23)C1=O. The van der Waals surface area contributed by atoms with Crippen molar-refractivity contribution in [1.82, 2.24) is 9.80 Å². The lowest BCUT2D eigenvalue weighted by molar-refractivity contribution is -0.147. The van der Waals surface area contributed by atoms with Crippen molar-refractivity contribution >= 4 is 34.4 Å². The smallest absolute Gasteiger partial charge is 0.234 e. The zero-order valence-electron chi connectivity index (χ0n) is 23.4. The van der Waals surface area contributed by atoms with Gasteiger partial charge in [0, 0.05) is 22.4 Å². The number of aromatic hydroxyl groups is 1. The van der Waals surface area contributed by atoms with E-state index in [1.807, 2.05) is 71.9 Å². The second kappa shape index (κ2) is 8.26. The molecule has 7 nitrogen and oxygen atoms in total. The number of phenolic OH excluding ortho intramolecular Hbond substituents is 1. The topological polar surface area (TPSA) is 95.0 Å². The van der Waals surface area contributed by atoms with Gasteiger partial charge in [-0.3, -0.25) is 29.0 Å². The summed E-state index contributed by atoms with van der Waals surface area (Å²) in [4.78, 5) is 58.2. The van der Waals surface area contributed by atoms with Gasteiger partial charge in [-0.2, -0.15) is 0 Å². The summed E-state index contributed by atoms with van der Waals surface area (Å²) < 4.78 is 0. The fourth-order valence-corrected chi connectivity index (χ4v) is 7.84. The average molecular weight is 529 g/mol. The zero-order chi connectivity index (χ0) is 28.2. The van der Waals surface area contributed by atoms with Crippen molar-refractivity contribution in [2.24, 2.45) is 29.6 Å². The fraction of sp³-hybridized carbons (Fsp3) is 0.500. The van der Waals surface area contributed by atoms with Crippen LogP contribution in [0.1, 0.15) is 65.9 Å². The first-order valence-electron chi connectivity index (χ1n) is 13.9. The quantitative estimate of drug-likeness (QED) is 0.425. The van der Waals surface area contributed by atoms with Gasteiger partial charge in [-0.1, -0.05) is 42.0 Å². The number of benzene rings is 2. The van der Waals surface area contributed by atoms with Gasteiger partial charge < -0.3 is 5.11 Å². The highest BCUT2D eigenvalue weighted by Gasteiger charge is 2.63. The van der Waals surface area contributed by atoms with E-state index in [2.05, 4.69) is 6.08 Å². The number of imide groups is 2. The number of amides is 4. The first kappa shape index (κ1) is 25.8. The standard InChI is InChI=1S/C32H36N2O5/c1-31(2,3)33-27(36)20-12-11-19-21(25(20)29(33)38)15-22-26(30(39)34(28(22)37)32(4,5)6)24(19)18-13-14-23(35)17-10-8-7-9-16(17)18/h7-11,13-14,20-22,24-26,35H,12,15H2,1-6H3/t20-,21+,22+,24-,25-,26+/m0/s1. The molecule has 0 bridgehead atoms. The van der Waals surface area contributed by atoms with E-state index in [9.17, 15) is 24.3 Å². The molecule has 6 atom stereocenters. The second-order valence-electron chi connectivity index (χ2n) is 13.6. The highest BCUT2D eigenvalue weighted by atomic mass is 16.3. The Labute approximate surface area is 228 Å². The van der Waals surface area contributed by atoms with Crippen LogP contribution in [0, 0.1) is 29.6 Å². The van der Waals surface area contributed by atoms with Crippen LogP contribution in [0.5, 0.6) is 5.75 Å². The number of phenols is 1. The molecule has 0 aromatic heterocycles. The van der Waals surface area contributed by atoms with Crippen LogP contribution in [0.3, 0.4) is 0 Å². The predicted octanol–water partition coefficient (Wildman–Crippen LogP) is 4.78. The Hall–Kier alpha value is -3.48. The van der Waals surface area contributed by atoms with E-state index in [1.54, 1.807) is 6.07 Å². The van der Waals surface area contributed by atoms with Crippen LogP contribution >= 0.6 is 0 Å². The number of allylic oxidation sites excluding steroid dienone is 2. The van der Waals surface area contributed by atoms with Crippen LogP contribution in [-0.4, -0.2) is 49.6 Å². The van der Waals surface area contributed by atoms with Crippen LogP contribution in [0.25, 0.3) is 10.8 Å². The number of hydrogen-bond donors (Lipinski definition) is 1. The first-order chi connectivity index (χ1) is 18.2. The Bertz CT molecular complexity index is 1480. The number of fused-ring (bicyclic) bond motifs is 5. The Morgan fingerprint density at radius 2 is 1.26 bits per heavy atom. The maximum Gasteiger partial charge on any atom is 0.234 e. The van der Waals surface area contributed by atoms with Crippen LogP contribution < -0.4 is 0 Å². The normalized spacial score (nSPS) is 31.0. The molecule has 1 saturated carbocycles. The number of hydrogen-bond acceptors (Lipinski definition) is 5. The highest BCUT2D eigenvalue weighted by Crippen LogP contribution is 2.59. The molecular formula is C32H36N2O5. The molecule has 7 heteroatoms. The third-order valence-electron chi connectivity index (χ3n) is 9.26. The predicted molar refractivity (Wildman–Crippen MR) is 146 cm³/mol. The van der Waals surface area contributed by atoms with Crippen molar-refractivity contribution in [3.63, 3.8) is 0 Å². The van der Waals surface area contributed by atoms with E-state index >= 15 is 0 Å². The van der Waals surface area contributed by atoms with Crippen molar-refractivity contribution in [2.45, 2.75) is 71.4 Å². The molecule has 6 rings (SSSR count). The summed E-state index contributed by atoms with van der Waals surface area (Å²) in [6.07, 6.45) is 2.88. The molecule has 2 aromatic carbocycles. The lowest BCUT2D eigenvalue weighted by Gasteiger charge is -2.44. The van der Waals surface area contributed by atoms with Gasteiger partial charge in [0.25, 0.3) is 0 Å². The summed E-state index contributed by atoms with van der Waals surface area (Å²) in [6.45, 7) is 11.2. The van der Waals surface area contributed by atoms with Crippen molar-refractivity contribution in [3.05, 3.63) is 53.6 Å². The van der Waals surface area contributed by atoms with Crippen LogP contribution in [0.15, 0.2) is 48.0 Å². The lowest BCUT2D eigenvalue weighted by Crippen LogP contribution is -2.47. The third kappa shape index (κ3) is 3.54. The molecule has 1 N–H and O–H groups in total. The lowest BCUT2D eigenvalue weighted by atomic mass is 9.57. The summed E-state index contributed by atoms with van der Waals surface area (Å²) in [5.41, 5.74) is 0.519. The summed E-state index contributed by atoms with van der Waals surface area (Å²) in [6, 6.07) is 11.0. The molecule has 2 aliphatic heterocycles. The van der Waals surface area contributed by atoms with Crippen LogP contribution in [-0.2, 0) is 19.2 Å². The van der Waals surface area contributed by atoms with E-state index in [-0.39, 0.29) is 35.3 Å². The molecule has 4 amide bonds. The van der Waals surface area contributed by atoms with E-state index < -0.39 is 40.7 Å². The van der Waals surface area contributed by atoms with Gasteiger partial charge in [0.05, 0.1) is 23.7 Å². The fourth-order valence-electron chi connectivity index (χ4n) is 7.84. The van der Waals surface area contributed by atoms with E-state index in [0.717, 1.165) is 16.5 Å². The monoisotopic (exact) mass is 528 g/mol. The zero-order valence-corrected chi connectivity index (χ0v) is 23.4. The number of likely N-dealkylation sites (tertiary alicyclic amines) is 2. The van der Waals surface area contributed by atoms with Crippen molar-refractivity contribution in [1.29, 1.82) is 0 Å². The molecule has 0 spiro atoms. The van der Waals surface area contributed by atoms with Crippen LogP contribution in [0.4, 0.5) is 0 Å². The Morgan fingerprint density at radius 1 is 0.692 bits per heavy atom. The minimum absolute atomic E-state index is 0.147. The maximum atomic E-state index is 14.1. The summed E-state index contributed by atoms with van der Waals surface area (Å²) in [5.74, 6) is -3.49. The van der Waals surface area contributed by atoms with Gasteiger partial charge in [0.1, 0.15) is 5.75 Å². The van der Waals surface area contributed by atoms with Gasteiger partial charge in [-0.15, -0.1) is 0 Å². The number of nitrogens with zero attached hydrogens (tertiary/aromatic N) is 2. The minimum Gasteiger partial charge on any atom is -0.507 e. The molecule has 2 aliphatic carbocycles. The Kier molecular flexibility index (Phi) is 5.46. The summed E-state index contributed by atoms with van der Waals surface area (Å²) in [7, 11) is 0.